The Balaban J connectivity index is 1.68. The lowest BCUT2D eigenvalue weighted by atomic mass is 10.2. The van der Waals surface area contributed by atoms with Gasteiger partial charge in [0.15, 0.2) is 18.1 Å². The first-order chi connectivity index (χ1) is 15.1. The summed E-state index contributed by atoms with van der Waals surface area (Å²) in [5.74, 6) is 1.80. The van der Waals surface area contributed by atoms with Gasteiger partial charge >= 0.3 is 5.97 Å². The van der Waals surface area contributed by atoms with Crippen LogP contribution in [0, 0.1) is 0 Å². The number of para-hydroxylation sites is 1. The van der Waals surface area contributed by atoms with Gasteiger partial charge in [0.2, 0.25) is 11.6 Å². The number of rotatable bonds is 9. The summed E-state index contributed by atoms with van der Waals surface area (Å²) >= 11 is 0. The smallest absolute Gasteiger partial charge is 0.331 e. The summed E-state index contributed by atoms with van der Waals surface area (Å²) in [6.45, 7) is -0.174. The van der Waals surface area contributed by atoms with E-state index in [9.17, 15) is 4.79 Å². The summed E-state index contributed by atoms with van der Waals surface area (Å²) in [7, 11) is 6.10. The van der Waals surface area contributed by atoms with Gasteiger partial charge in [0, 0.05) is 17.2 Å². The van der Waals surface area contributed by atoms with Crippen LogP contribution in [0.4, 0.5) is 0 Å². The molecule has 9 heteroatoms. The second-order valence-electron chi connectivity index (χ2n) is 6.10. The van der Waals surface area contributed by atoms with Crippen LogP contribution in [0.25, 0.3) is 17.5 Å². The number of hydrogen-bond donors (Lipinski definition) is 0. The van der Waals surface area contributed by atoms with E-state index in [1.807, 2.05) is 18.2 Å². The van der Waals surface area contributed by atoms with Gasteiger partial charge in [-0.1, -0.05) is 18.2 Å². The van der Waals surface area contributed by atoms with Crippen LogP contribution in [0.15, 0.2) is 46.9 Å². The molecule has 0 saturated heterocycles. The molecule has 0 atom stereocenters. The average Bonchev–Trinajstić information content (AvgIpc) is 3.29. The predicted molar refractivity (Wildman–Crippen MR) is 111 cm³/mol. The number of carbonyl (C=O) groups excluding carboxylic acids is 1. The van der Waals surface area contributed by atoms with Crippen molar-refractivity contribution in [3.63, 3.8) is 0 Å². The number of benzene rings is 2. The van der Waals surface area contributed by atoms with E-state index in [0.29, 0.717) is 28.6 Å². The van der Waals surface area contributed by atoms with Crippen molar-refractivity contribution >= 4 is 12.0 Å². The molecule has 1 aromatic heterocycles. The Morgan fingerprint density at radius 2 is 1.61 bits per heavy atom. The van der Waals surface area contributed by atoms with Crippen LogP contribution in [0.2, 0.25) is 0 Å². The number of methoxy groups -OCH3 is 4. The summed E-state index contributed by atoms with van der Waals surface area (Å²) in [5.41, 5.74) is 1.32. The van der Waals surface area contributed by atoms with Crippen LogP contribution < -0.4 is 18.9 Å². The number of nitrogens with zero attached hydrogens (tertiary/aromatic N) is 2. The standard InChI is InChI=1S/C22H22N2O7/c1-26-16-8-6-5-7-14(16)9-10-20(25)30-13-19-23-24-22(31-19)15-11-17(27-2)21(29-4)18(12-15)28-3/h5-12H,13H2,1-4H3/b10-9+. The third-order valence-corrected chi connectivity index (χ3v) is 4.25. The van der Waals surface area contributed by atoms with Gasteiger partial charge in [-0.3, -0.25) is 0 Å². The summed E-state index contributed by atoms with van der Waals surface area (Å²) < 4.78 is 32.0. The molecule has 162 valence electrons. The van der Waals surface area contributed by atoms with Crippen molar-refractivity contribution in [2.24, 2.45) is 0 Å². The highest BCUT2D eigenvalue weighted by molar-refractivity contribution is 5.87. The van der Waals surface area contributed by atoms with Crippen molar-refractivity contribution in [2.45, 2.75) is 6.61 Å². The van der Waals surface area contributed by atoms with Gasteiger partial charge < -0.3 is 28.1 Å². The highest BCUT2D eigenvalue weighted by Crippen LogP contribution is 2.40. The zero-order chi connectivity index (χ0) is 22.2. The second kappa shape index (κ2) is 10.1. The highest BCUT2D eigenvalue weighted by atomic mass is 16.5. The van der Waals surface area contributed by atoms with E-state index in [1.165, 1.54) is 27.4 Å². The topological polar surface area (TPSA) is 102 Å². The minimum Gasteiger partial charge on any atom is -0.496 e. The summed E-state index contributed by atoms with van der Waals surface area (Å²) in [5, 5.41) is 7.91. The summed E-state index contributed by atoms with van der Waals surface area (Å²) in [6, 6.07) is 10.7. The fraction of sp³-hybridized carbons (Fsp3) is 0.227. The molecule has 3 aromatic rings. The van der Waals surface area contributed by atoms with Crippen molar-refractivity contribution in [1.29, 1.82) is 0 Å². The van der Waals surface area contributed by atoms with E-state index in [2.05, 4.69) is 10.2 Å². The number of hydrogen-bond acceptors (Lipinski definition) is 9. The molecule has 0 aliphatic rings. The molecular weight excluding hydrogens is 404 g/mol. The Morgan fingerprint density at radius 1 is 0.935 bits per heavy atom. The minimum atomic E-state index is -0.557. The van der Waals surface area contributed by atoms with Crippen molar-refractivity contribution in [2.75, 3.05) is 28.4 Å². The molecule has 0 aliphatic heterocycles. The molecule has 0 amide bonds. The highest BCUT2D eigenvalue weighted by Gasteiger charge is 2.18. The third kappa shape index (κ3) is 5.13. The Bertz CT molecular complexity index is 1050. The molecule has 1 heterocycles. The van der Waals surface area contributed by atoms with Gasteiger partial charge in [0.1, 0.15) is 5.75 Å². The maximum atomic E-state index is 12.0. The van der Waals surface area contributed by atoms with E-state index in [4.69, 9.17) is 28.1 Å². The van der Waals surface area contributed by atoms with Crippen LogP contribution in [0.1, 0.15) is 11.5 Å². The molecule has 2 aromatic carbocycles. The maximum absolute atomic E-state index is 12.0. The van der Waals surface area contributed by atoms with Gasteiger partial charge in [-0.15, -0.1) is 10.2 Å². The van der Waals surface area contributed by atoms with Crippen LogP contribution >= 0.6 is 0 Å². The maximum Gasteiger partial charge on any atom is 0.331 e. The monoisotopic (exact) mass is 426 g/mol. The quantitative estimate of drug-likeness (QED) is 0.375. The molecule has 0 aliphatic carbocycles. The molecule has 0 spiro atoms. The van der Waals surface area contributed by atoms with Crippen LogP contribution in [0.3, 0.4) is 0 Å². The first-order valence-corrected chi connectivity index (χ1v) is 9.20. The fourth-order valence-electron chi connectivity index (χ4n) is 2.78. The van der Waals surface area contributed by atoms with Crippen LogP contribution in [-0.4, -0.2) is 44.6 Å². The normalized spacial score (nSPS) is 10.7. The van der Waals surface area contributed by atoms with Crippen molar-refractivity contribution < 1.29 is 32.9 Å². The van der Waals surface area contributed by atoms with Gasteiger partial charge in [-0.05, 0) is 24.3 Å². The molecule has 0 bridgehead atoms. The summed E-state index contributed by atoms with van der Waals surface area (Å²) in [4.78, 5) is 12.0. The first-order valence-electron chi connectivity index (χ1n) is 9.20. The predicted octanol–water partition coefficient (Wildman–Crippen LogP) is 3.53. The van der Waals surface area contributed by atoms with Crippen molar-refractivity contribution in [1.82, 2.24) is 10.2 Å². The fourth-order valence-corrected chi connectivity index (χ4v) is 2.78. The van der Waals surface area contributed by atoms with Crippen LogP contribution in [-0.2, 0) is 16.1 Å². The molecule has 0 radical (unpaired) electrons. The molecule has 31 heavy (non-hydrogen) atoms. The number of aromatic nitrogens is 2. The van der Waals surface area contributed by atoms with E-state index in [1.54, 1.807) is 31.4 Å². The number of carbonyl (C=O) groups is 1. The second-order valence-corrected chi connectivity index (χ2v) is 6.10. The molecular formula is C22H22N2O7. The molecule has 3 rings (SSSR count). The Hall–Kier alpha value is -4.01. The Morgan fingerprint density at radius 3 is 2.26 bits per heavy atom. The van der Waals surface area contributed by atoms with E-state index in [-0.39, 0.29) is 18.4 Å². The largest absolute Gasteiger partial charge is 0.496 e. The van der Waals surface area contributed by atoms with E-state index in [0.717, 1.165) is 5.56 Å². The van der Waals surface area contributed by atoms with Crippen molar-refractivity contribution in [3.05, 3.63) is 53.9 Å². The van der Waals surface area contributed by atoms with E-state index < -0.39 is 5.97 Å². The molecule has 9 nitrogen and oxygen atoms in total. The molecule has 0 fully saturated rings. The Labute approximate surface area is 179 Å². The Kier molecular flexibility index (Phi) is 7.10. The van der Waals surface area contributed by atoms with Crippen molar-refractivity contribution in [3.8, 4) is 34.5 Å². The zero-order valence-corrected chi connectivity index (χ0v) is 17.6. The third-order valence-electron chi connectivity index (χ3n) is 4.25. The SMILES string of the molecule is COc1ccccc1/C=C/C(=O)OCc1nnc(-c2cc(OC)c(OC)c(OC)c2)o1. The van der Waals surface area contributed by atoms with Gasteiger partial charge in [0.05, 0.1) is 28.4 Å². The number of esters is 1. The lowest BCUT2D eigenvalue weighted by Gasteiger charge is -2.12. The average molecular weight is 426 g/mol. The van der Waals surface area contributed by atoms with Gasteiger partial charge in [0.25, 0.3) is 5.89 Å². The van der Waals surface area contributed by atoms with E-state index >= 15 is 0 Å². The lowest BCUT2D eigenvalue weighted by Crippen LogP contribution is -2.01. The molecule has 0 N–H and O–H groups in total. The summed E-state index contributed by atoms with van der Waals surface area (Å²) in [6.07, 6.45) is 2.91. The minimum absolute atomic E-state index is 0.141. The molecule has 0 unspecified atom stereocenters. The van der Waals surface area contributed by atoms with Crippen LogP contribution in [0.5, 0.6) is 23.0 Å². The van der Waals surface area contributed by atoms with Gasteiger partial charge in [-0.2, -0.15) is 0 Å². The molecule has 0 saturated carbocycles. The lowest BCUT2D eigenvalue weighted by molar-refractivity contribution is -0.139. The zero-order valence-electron chi connectivity index (χ0n) is 17.6. The van der Waals surface area contributed by atoms with Gasteiger partial charge in [-0.25, -0.2) is 4.79 Å². The number of ether oxygens (including phenoxy) is 5. The first kappa shape index (κ1) is 21.7.